The molecule has 0 aromatic rings. The Balaban J connectivity index is 1.40. The largest absolute Gasteiger partial charge is 0.464 e. The first kappa shape index (κ1) is 18.8. The van der Waals surface area contributed by atoms with Crippen molar-refractivity contribution in [3.05, 3.63) is 0 Å². The summed E-state index contributed by atoms with van der Waals surface area (Å²) in [5.74, 6) is 3.49. The lowest BCUT2D eigenvalue weighted by molar-refractivity contribution is -0.157. The SMILES string of the molecule is CCOC(=O)CO[C@@H]1CC[C@@]2(C)[C@@H](CC[C@@H]3[C@H]4CCC[C@@]4(C)CC[C@H]32)C1. The van der Waals surface area contributed by atoms with Crippen molar-refractivity contribution in [3.63, 3.8) is 0 Å². The van der Waals surface area contributed by atoms with E-state index in [0.717, 1.165) is 36.5 Å². The molecule has 0 aromatic carbocycles. The number of carbonyl (C=O) groups excluding carboxylic acids is 1. The van der Waals surface area contributed by atoms with Crippen molar-refractivity contribution in [3.8, 4) is 0 Å². The average molecular weight is 363 g/mol. The van der Waals surface area contributed by atoms with Crippen molar-refractivity contribution in [2.24, 2.45) is 34.5 Å². The molecule has 0 unspecified atom stereocenters. The molecule has 0 radical (unpaired) electrons. The van der Waals surface area contributed by atoms with Crippen LogP contribution in [-0.4, -0.2) is 25.3 Å². The first-order chi connectivity index (χ1) is 12.5. The minimum Gasteiger partial charge on any atom is -0.464 e. The van der Waals surface area contributed by atoms with E-state index < -0.39 is 0 Å². The molecule has 26 heavy (non-hydrogen) atoms. The Hall–Kier alpha value is -0.570. The van der Waals surface area contributed by atoms with Gasteiger partial charge in [-0.2, -0.15) is 0 Å². The number of esters is 1. The van der Waals surface area contributed by atoms with Crippen molar-refractivity contribution in [1.82, 2.24) is 0 Å². The number of hydrogen-bond acceptors (Lipinski definition) is 3. The number of carbonyl (C=O) groups is 1. The molecule has 4 aliphatic rings. The zero-order chi connectivity index (χ0) is 18.4. The molecule has 0 heterocycles. The van der Waals surface area contributed by atoms with Crippen LogP contribution in [-0.2, 0) is 14.3 Å². The van der Waals surface area contributed by atoms with Gasteiger partial charge in [0.1, 0.15) is 6.61 Å². The average Bonchev–Trinajstić information content (AvgIpc) is 3.02. The lowest BCUT2D eigenvalue weighted by Crippen LogP contribution is -2.53. The van der Waals surface area contributed by atoms with E-state index in [1.54, 1.807) is 0 Å². The molecule has 148 valence electrons. The van der Waals surface area contributed by atoms with Gasteiger partial charge in [0.25, 0.3) is 0 Å². The van der Waals surface area contributed by atoms with Gasteiger partial charge in [-0.3, -0.25) is 0 Å². The van der Waals surface area contributed by atoms with Gasteiger partial charge in [-0.15, -0.1) is 0 Å². The van der Waals surface area contributed by atoms with Gasteiger partial charge in [0.15, 0.2) is 0 Å². The predicted molar refractivity (Wildman–Crippen MR) is 103 cm³/mol. The van der Waals surface area contributed by atoms with Crippen LogP contribution in [0, 0.1) is 34.5 Å². The second-order valence-electron chi connectivity index (χ2n) is 10.3. The molecule has 7 atom stereocenters. The second kappa shape index (κ2) is 7.11. The number of rotatable bonds is 4. The second-order valence-corrected chi connectivity index (χ2v) is 10.3. The fourth-order valence-electron chi connectivity index (χ4n) is 7.75. The lowest BCUT2D eigenvalue weighted by Gasteiger charge is -2.60. The van der Waals surface area contributed by atoms with Crippen molar-refractivity contribution in [2.75, 3.05) is 13.2 Å². The van der Waals surface area contributed by atoms with Crippen LogP contribution < -0.4 is 0 Å². The molecule has 0 aliphatic heterocycles. The predicted octanol–water partition coefficient (Wildman–Crippen LogP) is 5.37. The van der Waals surface area contributed by atoms with Crippen LogP contribution in [0.1, 0.15) is 85.0 Å². The van der Waals surface area contributed by atoms with Crippen molar-refractivity contribution in [1.29, 1.82) is 0 Å². The summed E-state index contributed by atoms with van der Waals surface area (Å²) in [7, 11) is 0. The van der Waals surface area contributed by atoms with Crippen LogP contribution in [0.4, 0.5) is 0 Å². The van der Waals surface area contributed by atoms with E-state index in [1.807, 2.05) is 6.92 Å². The number of fused-ring (bicyclic) bond motifs is 5. The smallest absolute Gasteiger partial charge is 0.332 e. The molecular weight excluding hydrogens is 324 g/mol. The number of hydrogen-bond donors (Lipinski definition) is 0. The van der Waals surface area contributed by atoms with Crippen molar-refractivity contribution < 1.29 is 14.3 Å². The monoisotopic (exact) mass is 362 g/mol. The first-order valence-electron chi connectivity index (χ1n) is 11.2. The van der Waals surface area contributed by atoms with Gasteiger partial charge in [-0.05, 0) is 99.2 Å². The van der Waals surface area contributed by atoms with E-state index in [1.165, 1.54) is 51.4 Å². The maximum absolute atomic E-state index is 11.6. The van der Waals surface area contributed by atoms with E-state index in [-0.39, 0.29) is 18.7 Å². The molecule has 4 saturated carbocycles. The van der Waals surface area contributed by atoms with Crippen molar-refractivity contribution in [2.45, 2.75) is 91.1 Å². The summed E-state index contributed by atoms with van der Waals surface area (Å²) in [6.07, 6.45) is 14.0. The summed E-state index contributed by atoms with van der Waals surface area (Å²) in [6, 6.07) is 0. The molecule has 4 fully saturated rings. The third-order valence-electron chi connectivity index (χ3n) is 9.14. The van der Waals surface area contributed by atoms with Crippen LogP contribution in [0.15, 0.2) is 0 Å². The van der Waals surface area contributed by atoms with Crippen LogP contribution in [0.25, 0.3) is 0 Å². The third kappa shape index (κ3) is 3.12. The van der Waals surface area contributed by atoms with Gasteiger partial charge in [0.05, 0.1) is 12.7 Å². The molecule has 0 amide bonds. The third-order valence-corrected chi connectivity index (χ3v) is 9.14. The highest BCUT2D eigenvalue weighted by atomic mass is 16.6. The minimum absolute atomic E-state index is 0.133. The molecular formula is C23H38O3. The summed E-state index contributed by atoms with van der Waals surface area (Å²) < 4.78 is 11.0. The fourth-order valence-corrected chi connectivity index (χ4v) is 7.75. The Morgan fingerprint density at radius 2 is 1.85 bits per heavy atom. The molecule has 0 spiro atoms. The fraction of sp³-hybridized carbons (Fsp3) is 0.957. The summed E-state index contributed by atoms with van der Waals surface area (Å²) in [5.41, 5.74) is 1.17. The van der Waals surface area contributed by atoms with Crippen molar-refractivity contribution >= 4 is 5.97 Å². The number of ether oxygens (including phenoxy) is 2. The Morgan fingerprint density at radius 1 is 1.00 bits per heavy atom. The van der Waals surface area contributed by atoms with Gasteiger partial charge in [-0.25, -0.2) is 4.79 Å². The van der Waals surface area contributed by atoms with Crippen LogP contribution in [0.5, 0.6) is 0 Å². The zero-order valence-electron chi connectivity index (χ0n) is 17.1. The summed E-state index contributed by atoms with van der Waals surface area (Å²) in [5, 5.41) is 0. The summed E-state index contributed by atoms with van der Waals surface area (Å²) >= 11 is 0. The van der Waals surface area contributed by atoms with Gasteiger partial charge < -0.3 is 9.47 Å². The highest BCUT2D eigenvalue weighted by molar-refractivity contribution is 5.70. The molecule has 4 aliphatic carbocycles. The van der Waals surface area contributed by atoms with E-state index in [2.05, 4.69) is 13.8 Å². The quantitative estimate of drug-likeness (QED) is 0.631. The van der Waals surface area contributed by atoms with Gasteiger partial charge in [-0.1, -0.05) is 20.3 Å². The normalized spacial score (nSPS) is 47.6. The Bertz CT molecular complexity index is 532. The van der Waals surface area contributed by atoms with Gasteiger partial charge >= 0.3 is 5.97 Å². The lowest BCUT2D eigenvalue weighted by atomic mass is 9.45. The zero-order valence-corrected chi connectivity index (χ0v) is 17.1. The highest BCUT2D eigenvalue weighted by Crippen LogP contribution is 2.66. The topological polar surface area (TPSA) is 35.5 Å². The summed E-state index contributed by atoms with van der Waals surface area (Å²) in [6.45, 7) is 7.62. The van der Waals surface area contributed by atoms with E-state index in [0.29, 0.717) is 17.4 Å². The minimum atomic E-state index is -0.211. The molecule has 0 aromatic heterocycles. The first-order valence-corrected chi connectivity index (χ1v) is 11.2. The van der Waals surface area contributed by atoms with Gasteiger partial charge in [0, 0.05) is 0 Å². The maximum atomic E-state index is 11.6. The summed E-state index contributed by atoms with van der Waals surface area (Å²) in [4.78, 5) is 11.6. The van der Waals surface area contributed by atoms with E-state index >= 15 is 0 Å². The van der Waals surface area contributed by atoms with Crippen LogP contribution >= 0.6 is 0 Å². The molecule has 3 heteroatoms. The molecule has 0 saturated heterocycles. The van der Waals surface area contributed by atoms with Crippen LogP contribution in [0.3, 0.4) is 0 Å². The standard InChI is InChI=1S/C23H38O3/c1-4-25-21(24)15-26-17-9-13-23(3)16(14-17)7-8-18-19-6-5-11-22(19,2)12-10-20(18)23/h16-20H,4-15H2,1-3H3/t16-,17+,18+,19+,20+,22-,23-/m0/s1. The highest BCUT2D eigenvalue weighted by Gasteiger charge is 2.57. The Kier molecular flexibility index (Phi) is 5.14. The molecule has 3 nitrogen and oxygen atoms in total. The van der Waals surface area contributed by atoms with E-state index in [9.17, 15) is 4.79 Å². The Labute approximate surface area is 159 Å². The maximum Gasteiger partial charge on any atom is 0.332 e. The Morgan fingerprint density at radius 3 is 2.65 bits per heavy atom. The van der Waals surface area contributed by atoms with Gasteiger partial charge in [0.2, 0.25) is 0 Å². The molecule has 0 N–H and O–H groups in total. The van der Waals surface area contributed by atoms with Crippen LogP contribution in [0.2, 0.25) is 0 Å². The van der Waals surface area contributed by atoms with E-state index in [4.69, 9.17) is 9.47 Å². The molecule has 4 rings (SSSR count). The molecule has 0 bridgehead atoms.